The molecule has 31 heavy (non-hydrogen) atoms. The van der Waals surface area contributed by atoms with Gasteiger partial charge in [-0.25, -0.2) is 4.98 Å². The van der Waals surface area contributed by atoms with E-state index in [1.54, 1.807) is 0 Å². The standard InChI is InChI=1S/C24H25N3O3S/c1-17-9-11-19(12-10-17)30-15-5-8-22(28)26-24-25-20-13-14-27(16-21(20)31-24)23(29)18-6-3-2-4-7-18/h2-4,6-7,9-12H,5,8,13-16H2,1H3,(H,25,26,28). The zero-order valence-corrected chi connectivity index (χ0v) is 18.3. The Balaban J connectivity index is 1.25. The number of nitrogens with one attached hydrogen (secondary N) is 1. The van der Waals surface area contributed by atoms with Crippen molar-refractivity contribution in [3.63, 3.8) is 0 Å². The highest BCUT2D eigenvalue weighted by Gasteiger charge is 2.25. The Bertz CT molecular complexity index is 1050. The summed E-state index contributed by atoms with van der Waals surface area (Å²) >= 11 is 1.45. The van der Waals surface area contributed by atoms with Crippen molar-refractivity contribution in [1.29, 1.82) is 0 Å². The minimum Gasteiger partial charge on any atom is -0.494 e. The molecule has 1 aliphatic rings. The second-order valence-electron chi connectivity index (χ2n) is 7.54. The van der Waals surface area contributed by atoms with Gasteiger partial charge in [-0.3, -0.25) is 9.59 Å². The number of carbonyl (C=O) groups is 2. The number of thiazole rings is 1. The first-order valence-electron chi connectivity index (χ1n) is 10.4. The maximum atomic E-state index is 12.7. The first-order chi connectivity index (χ1) is 15.1. The summed E-state index contributed by atoms with van der Waals surface area (Å²) in [6.07, 6.45) is 1.70. The van der Waals surface area contributed by atoms with E-state index in [4.69, 9.17) is 4.74 Å². The highest BCUT2D eigenvalue weighted by Crippen LogP contribution is 2.29. The molecule has 0 atom stereocenters. The van der Waals surface area contributed by atoms with Crippen LogP contribution in [-0.2, 0) is 17.8 Å². The summed E-state index contributed by atoms with van der Waals surface area (Å²) in [6.45, 7) is 3.68. The van der Waals surface area contributed by atoms with E-state index in [2.05, 4.69) is 10.3 Å². The van der Waals surface area contributed by atoms with Gasteiger partial charge < -0.3 is 15.0 Å². The van der Waals surface area contributed by atoms with Gasteiger partial charge in [-0.1, -0.05) is 47.2 Å². The van der Waals surface area contributed by atoms with Gasteiger partial charge >= 0.3 is 0 Å². The van der Waals surface area contributed by atoms with E-state index in [1.165, 1.54) is 16.9 Å². The van der Waals surface area contributed by atoms with Crippen LogP contribution >= 0.6 is 11.3 Å². The SMILES string of the molecule is Cc1ccc(OCCCC(=O)Nc2nc3c(s2)CN(C(=O)c2ccccc2)CC3)cc1. The topological polar surface area (TPSA) is 71.5 Å². The fourth-order valence-corrected chi connectivity index (χ4v) is 4.46. The van der Waals surface area contributed by atoms with Crippen LogP contribution in [0.25, 0.3) is 0 Å². The van der Waals surface area contributed by atoms with Crippen molar-refractivity contribution < 1.29 is 14.3 Å². The van der Waals surface area contributed by atoms with Crippen LogP contribution in [0, 0.1) is 6.92 Å². The molecule has 160 valence electrons. The third-order valence-corrected chi connectivity index (χ3v) is 6.12. The smallest absolute Gasteiger partial charge is 0.254 e. The molecule has 2 heterocycles. The maximum Gasteiger partial charge on any atom is 0.254 e. The van der Waals surface area contributed by atoms with E-state index >= 15 is 0 Å². The van der Waals surface area contributed by atoms with E-state index in [0.29, 0.717) is 49.7 Å². The number of benzene rings is 2. The summed E-state index contributed by atoms with van der Waals surface area (Å²) in [4.78, 5) is 32.4. The Morgan fingerprint density at radius 2 is 1.90 bits per heavy atom. The molecule has 0 fully saturated rings. The number of hydrogen-bond acceptors (Lipinski definition) is 5. The number of carbonyl (C=O) groups excluding carboxylic acids is 2. The van der Waals surface area contributed by atoms with Crippen LogP contribution in [0.1, 0.15) is 39.3 Å². The van der Waals surface area contributed by atoms with Crippen molar-refractivity contribution in [2.45, 2.75) is 32.7 Å². The fraction of sp³-hybridized carbons (Fsp3) is 0.292. The molecule has 4 rings (SSSR count). The molecule has 0 aliphatic carbocycles. The lowest BCUT2D eigenvalue weighted by Gasteiger charge is -2.26. The highest BCUT2D eigenvalue weighted by molar-refractivity contribution is 7.15. The van der Waals surface area contributed by atoms with Gasteiger partial charge in [0.25, 0.3) is 5.91 Å². The van der Waals surface area contributed by atoms with Crippen LogP contribution in [0.5, 0.6) is 5.75 Å². The average Bonchev–Trinajstić information content (AvgIpc) is 3.19. The minimum atomic E-state index is -0.0733. The van der Waals surface area contributed by atoms with Gasteiger partial charge in [-0.05, 0) is 37.6 Å². The molecule has 0 saturated heterocycles. The van der Waals surface area contributed by atoms with Crippen molar-refractivity contribution in [1.82, 2.24) is 9.88 Å². The van der Waals surface area contributed by atoms with Crippen LogP contribution in [0.4, 0.5) is 5.13 Å². The Hall–Kier alpha value is -3.19. The first kappa shape index (κ1) is 21.1. The molecule has 1 N–H and O–H groups in total. The van der Waals surface area contributed by atoms with Crippen molar-refractivity contribution >= 4 is 28.3 Å². The Kier molecular flexibility index (Phi) is 6.62. The number of rotatable bonds is 7. The monoisotopic (exact) mass is 435 g/mol. The molecule has 6 nitrogen and oxygen atoms in total. The zero-order chi connectivity index (χ0) is 21.6. The van der Waals surface area contributed by atoms with Gasteiger partial charge in [0.1, 0.15) is 5.75 Å². The summed E-state index contributed by atoms with van der Waals surface area (Å²) in [6, 6.07) is 17.2. The number of aryl methyl sites for hydroxylation is 1. The van der Waals surface area contributed by atoms with Crippen molar-refractivity contribution in [3.8, 4) is 5.75 Å². The molecule has 0 saturated carbocycles. The van der Waals surface area contributed by atoms with Crippen molar-refractivity contribution in [2.24, 2.45) is 0 Å². The number of ether oxygens (including phenoxy) is 1. The molecule has 2 aromatic carbocycles. The molecule has 0 bridgehead atoms. The third kappa shape index (κ3) is 5.49. The molecule has 7 heteroatoms. The summed E-state index contributed by atoms with van der Waals surface area (Å²) in [5.41, 5.74) is 2.85. The van der Waals surface area contributed by atoms with Crippen LogP contribution in [-0.4, -0.2) is 34.8 Å². The van der Waals surface area contributed by atoms with Crippen molar-refractivity contribution in [3.05, 3.63) is 76.3 Å². The van der Waals surface area contributed by atoms with Crippen LogP contribution in [0.3, 0.4) is 0 Å². The Morgan fingerprint density at radius 3 is 2.68 bits per heavy atom. The van der Waals surface area contributed by atoms with Gasteiger partial charge in [0.05, 0.1) is 18.8 Å². The Labute approximate surface area is 185 Å². The number of anilines is 1. The summed E-state index contributed by atoms with van der Waals surface area (Å²) < 4.78 is 5.67. The van der Waals surface area contributed by atoms with Gasteiger partial charge in [0.2, 0.25) is 5.91 Å². The lowest BCUT2D eigenvalue weighted by Crippen LogP contribution is -2.35. The first-order valence-corrected chi connectivity index (χ1v) is 11.2. The second-order valence-corrected chi connectivity index (χ2v) is 8.63. The predicted molar refractivity (Wildman–Crippen MR) is 122 cm³/mol. The molecule has 0 spiro atoms. The van der Waals surface area contributed by atoms with E-state index in [0.717, 1.165) is 16.3 Å². The molecule has 2 amide bonds. The number of fused-ring (bicyclic) bond motifs is 1. The largest absolute Gasteiger partial charge is 0.494 e. The van der Waals surface area contributed by atoms with E-state index < -0.39 is 0 Å². The molecular weight excluding hydrogens is 410 g/mol. The van der Waals surface area contributed by atoms with Gasteiger partial charge in [0, 0.05) is 29.8 Å². The zero-order valence-electron chi connectivity index (χ0n) is 17.5. The summed E-state index contributed by atoms with van der Waals surface area (Å²) in [5, 5.41) is 3.49. The normalized spacial score (nSPS) is 12.9. The predicted octanol–water partition coefficient (Wildman–Crippen LogP) is 4.45. The number of nitrogens with zero attached hydrogens (tertiary/aromatic N) is 2. The van der Waals surface area contributed by atoms with Gasteiger partial charge in [-0.2, -0.15) is 0 Å². The van der Waals surface area contributed by atoms with E-state index in [9.17, 15) is 9.59 Å². The second kappa shape index (κ2) is 9.75. The molecule has 1 aliphatic heterocycles. The number of aromatic nitrogens is 1. The van der Waals surface area contributed by atoms with E-state index in [1.807, 2.05) is 66.4 Å². The molecule has 1 aromatic heterocycles. The molecule has 3 aromatic rings. The van der Waals surface area contributed by atoms with E-state index in [-0.39, 0.29) is 11.8 Å². The maximum absolute atomic E-state index is 12.7. The lowest BCUT2D eigenvalue weighted by atomic mass is 10.1. The summed E-state index contributed by atoms with van der Waals surface area (Å²) in [7, 11) is 0. The van der Waals surface area contributed by atoms with Crippen molar-refractivity contribution in [2.75, 3.05) is 18.5 Å². The quantitative estimate of drug-likeness (QED) is 0.557. The average molecular weight is 436 g/mol. The fourth-order valence-electron chi connectivity index (χ4n) is 3.42. The molecule has 0 radical (unpaired) electrons. The number of amides is 2. The Morgan fingerprint density at radius 1 is 1.13 bits per heavy atom. The molecule has 0 unspecified atom stereocenters. The summed E-state index contributed by atoms with van der Waals surface area (Å²) in [5.74, 6) is 0.767. The highest BCUT2D eigenvalue weighted by atomic mass is 32.1. The van der Waals surface area contributed by atoms with Gasteiger partial charge in [-0.15, -0.1) is 0 Å². The molecular formula is C24H25N3O3S. The van der Waals surface area contributed by atoms with Crippen LogP contribution < -0.4 is 10.1 Å². The lowest BCUT2D eigenvalue weighted by molar-refractivity contribution is -0.116. The van der Waals surface area contributed by atoms with Gasteiger partial charge in [0.15, 0.2) is 5.13 Å². The van der Waals surface area contributed by atoms with Crippen LogP contribution in [0.15, 0.2) is 54.6 Å². The minimum absolute atomic E-state index is 0.0267. The van der Waals surface area contributed by atoms with Crippen LogP contribution in [0.2, 0.25) is 0 Å². The number of hydrogen-bond donors (Lipinski definition) is 1. The third-order valence-electron chi connectivity index (χ3n) is 5.12.